The number of rotatable bonds is 17. The average molecular weight is 568 g/mol. The fourth-order valence-electron chi connectivity index (χ4n) is 3.57. The Morgan fingerprint density at radius 1 is 0.949 bits per heavy atom. The molecule has 1 aromatic rings. The van der Waals surface area contributed by atoms with Gasteiger partial charge in [-0.05, 0) is 61.3 Å². The van der Waals surface area contributed by atoms with Gasteiger partial charge in [-0.1, -0.05) is 26.0 Å². The standard InChI is InChI=1S/C25H41N7O6S/c1-14(2)20(24(37)38)32-23(36)18(5-4-11-29-25(27)28)31-22(35)19(10-12-39-3)30-21(34)17(26)13-15-6-8-16(33)9-7-15/h6-9,14,17-20,33H,4-5,10-13,26H2,1-3H3,(H,30,34)(H,31,35)(H,32,36)(H,37,38)(H4,27,28,29). The second-order valence-corrected chi connectivity index (χ2v) is 10.4. The third-order valence-electron chi connectivity index (χ3n) is 5.78. The summed E-state index contributed by atoms with van der Waals surface area (Å²) in [5.74, 6) is -2.91. The quantitative estimate of drug-likeness (QED) is 0.0667. The summed E-state index contributed by atoms with van der Waals surface area (Å²) in [6, 6.07) is 2.08. The number of guanidine groups is 1. The highest BCUT2D eigenvalue weighted by Crippen LogP contribution is 2.12. The molecule has 11 N–H and O–H groups in total. The molecular weight excluding hydrogens is 526 g/mol. The van der Waals surface area contributed by atoms with Gasteiger partial charge >= 0.3 is 5.97 Å². The van der Waals surface area contributed by atoms with Crippen molar-refractivity contribution in [3.63, 3.8) is 0 Å². The largest absolute Gasteiger partial charge is 0.508 e. The third-order valence-corrected chi connectivity index (χ3v) is 6.43. The number of hydrogen-bond donors (Lipinski definition) is 8. The molecule has 3 amide bonds. The van der Waals surface area contributed by atoms with Crippen molar-refractivity contribution < 1.29 is 29.4 Å². The Labute approximate surface area is 232 Å². The van der Waals surface area contributed by atoms with E-state index in [0.29, 0.717) is 12.2 Å². The van der Waals surface area contributed by atoms with Crippen LogP contribution in [0.2, 0.25) is 0 Å². The zero-order chi connectivity index (χ0) is 29.5. The first-order valence-corrected chi connectivity index (χ1v) is 14.0. The van der Waals surface area contributed by atoms with Crippen LogP contribution in [0.5, 0.6) is 5.75 Å². The maximum absolute atomic E-state index is 13.2. The topological polar surface area (TPSA) is 235 Å². The summed E-state index contributed by atoms with van der Waals surface area (Å²) in [5, 5.41) is 26.7. The zero-order valence-corrected chi connectivity index (χ0v) is 23.4. The molecule has 0 spiro atoms. The van der Waals surface area contributed by atoms with E-state index in [1.165, 1.54) is 23.9 Å². The predicted octanol–water partition coefficient (Wildman–Crippen LogP) is -0.736. The number of amides is 3. The second kappa shape index (κ2) is 17.1. The lowest BCUT2D eigenvalue weighted by Crippen LogP contribution is -2.57. The van der Waals surface area contributed by atoms with Gasteiger partial charge in [0.1, 0.15) is 23.9 Å². The number of aromatic hydroxyl groups is 1. The Balaban J connectivity index is 3.00. The van der Waals surface area contributed by atoms with Crippen LogP contribution in [0.25, 0.3) is 0 Å². The van der Waals surface area contributed by atoms with Gasteiger partial charge in [-0.15, -0.1) is 0 Å². The minimum Gasteiger partial charge on any atom is -0.508 e. The van der Waals surface area contributed by atoms with Crippen LogP contribution in [0.15, 0.2) is 29.3 Å². The van der Waals surface area contributed by atoms with E-state index in [-0.39, 0.29) is 37.5 Å². The van der Waals surface area contributed by atoms with Gasteiger partial charge in [-0.2, -0.15) is 11.8 Å². The molecule has 0 aliphatic carbocycles. The van der Waals surface area contributed by atoms with Crippen molar-refractivity contribution in [3.8, 4) is 5.75 Å². The van der Waals surface area contributed by atoms with Crippen LogP contribution in [0.1, 0.15) is 38.7 Å². The molecule has 4 unspecified atom stereocenters. The lowest BCUT2D eigenvalue weighted by atomic mass is 10.0. The number of thioether (sulfide) groups is 1. The van der Waals surface area contributed by atoms with Gasteiger partial charge in [0.25, 0.3) is 0 Å². The Kier molecular flexibility index (Phi) is 14.7. The van der Waals surface area contributed by atoms with Crippen molar-refractivity contribution in [2.24, 2.45) is 28.1 Å². The molecule has 0 saturated carbocycles. The summed E-state index contributed by atoms with van der Waals surface area (Å²) in [4.78, 5) is 54.6. The Morgan fingerprint density at radius 3 is 2.05 bits per heavy atom. The number of hydrogen-bond acceptors (Lipinski definition) is 8. The number of phenols is 1. The number of nitrogens with zero attached hydrogens (tertiary/aromatic N) is 1. The fraction of sp³-hybridized carbons (Fsp3) is 0.560. The summed E-state index contributed by atoms with van der Waals surface area (Å²) >= 11 is 1.48. The molecule has 0 heterocycles. The molecule has 0 aromatic heterocycles. The van der Waals surface area contributed by atoms with E-state index in [4.69, 9.17) is 17.2 Å². The van der Waals surface area contributed by atoms with Gasteiger partial charge in [-0.25, -0.2) is 4.79 Å². The van der Waals surface area contributed by atoms with Crippen molar-refractivity contribution in [3.05, 3.63) is 29.8 Å². The minimum absolute atomic E-state index is 0.0885. The monoisotopic (exact) mass is 567 g/mol. The molecule has 0 aliphatic heterocycles. The molecule has 1 aromatic carbocycles. The van der Waals surface area contributed by atoms with Crippen molar-refractivity contribution in [1.29, 1.82) is 0 Å². The number of nitrogens with one attached hydrogen (secondary N) is 3. The van der Waals surface area contributed by atoms with E-state index in [9.17, 15) is 29.4 Å². The van der Waals surface area contributed by atoms with Gasteiger partial charge in [0.15, 0.2) is 5.96 Å². The van der Waals surface area contributed by atoms with E-state index >= 15 is 0 Å². The van der Waals surface area contributed by atoms with Crippen LogP contribution in [-0.2, 0) is 25.6 Å². The first-order chi connectivity index (χ1) is 18.3. The zero-order valence-electron chi connectivity index (χ0n) is 22.6. The Morgan fingerprint density at radius 2 is 1.51 bits per heavy atom. The molecule has 0 saturated heterocycles. The summed E-state index contributed by atoms with van der Waals surface area (Å²) in [7, 11) is 0. The highest BCUT2D eigenvalue weighted by Gasteiger charge is 2.31. The lowest BCUT2D eigenvalue weighted by molar-refractivity contribution is -0.143. The minimum atomic E-state index is -1.20. The average Bonchev–Trinajstić information content (AvgIpc) is 2.87. The number of aliphatic imine (C=N–C) groups is 1. The number of aliphatic carboxylic acids is 1. The van der Waals surface area contributed by atoms with Crippen LogP contribution >= 0.6 is 11.8 Å². The van der Waals surface area contributed by atoms with E-state index in [2.05, 4.69) is 20.9 Å². The molecule has 1 rings (SSSR count). The van der Waals surface area contributed by atoms with Crippen LogP contribution in [0.3, 0.4) is 0 Å². The van der Waals surface area contributed by atoms with E-state index < -0.39 is 53.8 Å². The van der Waals surface area contributed by atoms with Crippen LogP contribution in [0, 0.1) is 5.92 Å². The highest BCUT2D eigenvalue weighted by molar-refractivity contribution is 7.98. The smallest absolute Gasteiger partial charge is 0.326 e. The van der Waals surface area contributed by atoms with Gasteiger partial charge in [0.2, 0.25) is 17.7 Å². The molecule has 4 atom stereocenters. The molecule has 0 bridgehead atoms. The molecule has 39 heavy (non-hydrogen) atoms. The lowest BCUT2D eigenvalue weighted by Gasteiger charge is -2.26. The number of carboxylic acid groups (broad SMARTS) is 1. The van der Waals surface area contributed by atoms with Crippen LogP contribution in [-0.4, -0.2) is 82.6 Å². The maximum atomic E-state index is 13.2. The maximum Gasteiger partial charge on any atom is 0.326 e. The van der Waals surface area contributed by atoms with Gasteiger partial charge in [-0.3, -0.25) is 19.4 Å². The number of phenolic OH excluding ortho intramolecular Hbond substituents is 1. The number of carbonyl (C=O) groups excluding carboxylic acids is 3. The molecular formula is C25H41N7O6S. The van der Waals surface area contributed by atoms with Gasteiger partial charge in [0.05, 0.1) is 6.04 Å². The number of carboxylic acids is 1. The first-order valence-electron chi connectivity index (χ1n) is 12.6. The molecule has 218 valence electrons. The van der Waals surface area contributed by atoms with Crippen molar-refractivity contribution >= 4 is 41.4 Å². The van der Waals surface area contributed by atoms with Crippen molar-refractivity contribution in [2.45, 2.75) is 63.7 Å². The van der Waals surface area contributed by atoms with Crippen molar-refractivity contribution in [1.82, 2.24) is 16.0 Å². The van der Waals surface area contributed by atoms with Gasteiger partial charge in [0, 0.05) is 6.54 Å². The second-order valence-electron chi connectivity index (χ2n) is 9.40. The first kappa shape index (κ1) is 33.5. The fourth-order valence-corrected chi connectivity index (χ4v) is 4.05. The molecule has 14 heteroatoms. The Hall–Kier alpha value is -3.52. The van der Waals surface area contributed by atoms with Crippen LogP contribution < -0.4 is 33.2 Å². The van der Waals surface area contributed by atoms with Gasteiger partial charge < -0.3 is 43.4 Å². The predicted molar refractivity (Wildman–Crippen MR) is 151 cm³/mol. The van der Waals surface area contributed by atoms with Crippen molar-refractivity contribution in [2.75, 3.05) is 18.6 Å². The van der Waals surface area contributed by atoms with E-state index in [1.807, 2.05) is 6.26 Å². The molecule has 13 nitrogen and oxygen atoms in total. The SMILES string of the molecule is CSCCC(NC(=O)C(N)Cc1ccc(O)cc1)C(=O)NC(CCCN=C(N)N)C(=O)NC(C(=O)O)C(C)C. The normalized spacial score (nSPS) is 14.0. The van der Waals surface area contributed by atoms with Crippen LogP contribution in [0.4, 0.5) is 0 Å². The summed E-state index contributed by atoms with van der Waals surface area (Å²) in [6.07, 6.45) is 2.77. The number of nitrogens with two attached hydrogens (primary N) is 3. The number of benzene rings is 1. The highest BCUT2D eigenvalue weighted by atomic mass is 32.2. The molecule has 0 fully saturated rings. The van der Waals surface area contributed by atoms with E-state index in [1.54, 1.807) is 26.0 Å². The number of carbonyl (C=O) groups is 4. The third kappa shape index (κ3) is 12.7. The van der Waals surface area contributed by atoms with E-state index in [0.717, 1.165) is 5.56 Å². The summed E-state index contributed by atoms with van der Waals surface area (Å²) < 4.78 is 0. The Bertz CT molecular complexity index is 986. The molecule has 0 radical (unpaired) electrons. The summed E-state index contributed by atoms with van der Waals surface area (Å²) in [6.45, 7) is 3.51. The molecule has 0 aliphatic rings. The summed E-state index contributed by atoms with van der Waals surface area (Å²) in [5.41, 5.74) is 17.5.